The molecular weight excluding hydrogens is 298 g/mol. The van der Waals surface area contributed by atoms with Crippen LogP contribution in [0.3, 0.4) is 0 Å². The van der Waals surface area contributed by atoms with Crippen molar-refractivity contribution in [1.29, 1.82) is 0 Å². The van der Waals surface area contributed by atoms with Crippen molar-refractivity contribution in [1.82, 2.24) is 10.3 Å². The first kappa shape index (κ1) is 14.8. The van der Waals surface area contributed by atoms with E-state index >= 15 is 0 Å². The van der Waals surface area contributed by atoms with E-state index in [4.69, 9.17) is 5.73 Å². The number of sulfonamides is 1. The SMILES string of the molecule is Cc1cc(NC(=O)c2nonc2N)ccc1NS(C)(=O)=O. The molecule has 21 heavy (non-hydrogen) atoms. The number of aryl methyl sites for hydroxylation is 1. The molecular formula is C11H13N5O4S. The maximum Gasteiger partial charge on any atom is 0.281 e. The third-order valence-corrected chi connectivity index (χ3v) is 3.10. The minimum Gasteiger partial charge on any atom is -0.379 e. The molecule has 0 saturated carbocycles. The highest BCUT2D eigenvalue weighted by atomic mass is 32.2. The molecule has 1 heterocycles. The normalized spacial score (nSPS) is 11.1. The fourth-order valence-electron chi connectivity index (χ4n) is 1.60. The molecule has 0 saturated heterocycles. The van der Waals surface area contributed by atoms with Crippen molar-refractivity contribution < 1.29 is 17.8 Å². The number of nitrogens with zero attached hydrogens (tertiary/aromatic N) is 2. The smallest absolute Gasteiger partial charge is 0.281 e. The number of carbonyl (C=O) groups is 1. The summed E-state index contributed by atoms with van der Waals surface area (Å²) in [7, 11) is -3.36. The van der Waals surface area contributed by atoms with Crippen molar-refractivity contribution in [2.75, 3.05) is 22.0 Å². The lowest BCUT2D eigenvalue weighted by Crippen LogP contribution is -2.15. The van der Waals surface area contributed by atoms with Crippen LogP contribution in [0.4, 0.5) is 17.2 Å². The maximum atomic E-state index is 11.9. The van der Waals surface area contributed by atoms with Gasteiger partial charge in [0.15, 0.2) is 0 Å². The first-order valence-electron chi connectivity index (χ1n) is 5.74. The molecule has 0 radical (unpaired) electrons. The molecule has 1 aromatic carbocycles. The third kappa shape index (κ3) is 3.69. The zero-order valence-electron chi connectivity index (χ0n) is 11.2. The molecule has 0 atom stereocenters. The quantitative estimate of drug-likeness (QED) is 0.750. The van der Waals surface area contributed by atoms with Gasteiger partial charge in [-0.15, -0.1) is 0 Å². The molecule has 2 aromatic rings. The fraction of sp³-hybridized carbons (Fsp3) is 0.182. The summed E-state index contributed by atoms with van der Waals surface area (Å²) in [4.78, 5) is 11.9. The van der Waals surface area contributed by atoms with Crippen molar-refractivity contribution in [2.45, 2.75) is 6.92 Å². The second kappa shape index (κ2) is 5.40. The van der Waals surface area contributed by atoms with E-state index in [1.165, 1.54) is 6.07 Å². The number of rotatable bonds is 4. The Bertz CT molecular complexity index is 784. The minimum atomic E-state index is -3.36. The number of nitrogens with one attached hydrogen (secondary N) is 2. The number of nitrogen functional groups attached to an aromatic ring is 1. The number of carbonyl (C=O) groups excluding carboxylic acids is 1. The highest BCUT2D eigenvalue weighted by molar-refractivity contribution is 7.92. The Morgan fingerprint density at radius 1 is 1.33 bits per heavy atom. The van der Waals surface area contributed by atoms with Crippen LogP contribution in [0.25, 0.3) is 0 Å². The molecule has 0 aliphatic rings. The van der Waals surface area contributed by atoms with Crippen molar-refractivity contribution in [3.63, 3.8) is 0 Å². The zero-order chi connectivity index (χ0) is 15.6. The Morgan fingerprint density at radius 3 is 2.57 bits per heavy atom. The topological polar surface area (TPSA) is 140 Å². The summed E-state index contributed by atoms with van der Waals surface area (Å²) in [5, 5.41) is 9.25. The first-order chi connectivity index (χ1) is 9.76. The Hall–Kier alpha value is -2.62. The molecule has 0 aliphatic carbocycles. The van der Waals surface area contributed by atoms with E-state index < -0.39 is 15.9 Å². The molecule has 1 aromatic heterocycles. The van der Waals surface area contributed by atoms with E-state index in [9.17, 15) is 13.2 Å². The summed E-state index contributed by atoms with van der Waals surface area (Å²) in [5.74, 6) is -0.684. The Kier molecular flexibility index (Phi) is 3.80. The molecule has 112 valence electrons. The molecule has 10 heteroatoms. The van der Waals surface area contributed by atoms with Gasteiger partial charge in [-0.05, 0) is 41.0 Å². The van der Waals surface area contributed by atoms with Crippen LogP contribution in [0.5, 0.6) is 0 Å². The van der Waals surface area contributed by atoms with E-state index in [1.54, 1.807) is 19.1 Å². The van der Waals surface area contributed by atoms with Gasteiger partial charge in [0.05, 0.1) is 11.9 Å². The average molecular weight is 311 g/mol. The van der Waals surface area contributed by atoms with Gasteiger partial charge >= 0.3 is 0 Å². The van der Waals surface area contributed by atoms with Crippen LogP contribution >= 0.6 is 0 Å². The molecule has 0 aliphatic heterocycles. The van der Waals surface area contributed by atoms with E-state index in [0.29, 0.717) is 16.9 Å². The van der Waals surface area contributed by atoms with Gasteiger partial charge in [-0.2, -0.15) is 0 Å². The van der Waals surface area contributed by atoms with Gasteiger partial charge in [-0.3, -0.25) is 9.52 Å². The summed E-state index contributed by atoms with van der Waals surface area (Å²) in [6.07, 6.45) is 1.06. The number of benzene rings is 1. The lowest BCUT2D eigenvalue weighted by molar-refractivity contribution is 0.101. The molecule has 4 N–H and O–H groups in total. The monoisotopic (exact) mass is 311 g/mol. The largest absolute Gasteiger partial charge is 0.379 e. The Labute approximate surface area is 120 Å². The molecule has 0 bridgehead atoms. The Morgan fingerprint density at radius 2 is 2.05 bits per heavy atom. The molecule has 0 fully saturated rings. The lowest BCUT2D eigenvalue weighted by atomic mass is 10.2. The van der Waals surface area contributed by atoms with Gasteiger partial charge in [0.25, 0.3) is 5.91 Å². The number of amides is 1. The summed E-state index contributed by atoms with van der Waals surface area (Å²) < 4.78 is 29.1. The van der Waals surface area contributed by atoms with Crippen LogP contribution < -0.4 is 15.8 Å². The summed E-state index contributed by atoms with van der Waals surface area (Å²) in [6, 6.07) is 4.69. The van der Waals surface area contributed by atoms with Crippen LogP contribution in [-0.4, -0.2) is 30.9 Å². The van der Waals surface area contributed by atoms with Gasteiger partial charge in [-0.1, -0.05) is 0 Å². The van der Waals surface area contributed by atoms with E-state index in [0.717, 1.165) is 6.26 Å². The number of anilines is 3. The van der Waals surface area contributed by atoms with Gasteiger partial charge in [0.2, 0.25) is 21.5 Å². The number of hydrogen-bond acceptors (Lipinski definition) is 7. The standard InChI is InChI=1S/C11H13N5O4S/c1-6-5-7(3-4-8(6)16-21(2,18)19)13-11(17)9-10(12)15-20-14-9/h3-5,16H,1-2H3,(H2,12,15)(H,13,17). The highest BCUT2D eigenvalue weighted by Crippen LogP contribution is 2.21. The number of hydrogen-bond donors (Lipinski definition) is 3. The molecule has 0 unspecified atom stereocenters. The second-order valence-corrected chi connectivity index (χ2v) is 6.10. The third-order valence-electron chi connectivity index (χ3n) is 2.51. The molecule has 0 spiro atoms. The minimum absolute atomic E-state index is 0.111. The van der Waals surface area contributed by atoms with Crippen molar-refractivity contribution in [3.05, 3.63) is 29.5 Å². The van der Waals surface area contributed by atoms with E-state index in [-0.39, 0.29) is 11.5 Å². The van der Waals surface area contributed by atoms with Crippen LogP contribution in [-0.2, 0) is 10.0 Å². The fourth-order valence-corrected chi connectivity index (χ4v) is 2.23. The second-order valence-electron chi connectivity index (χ2n) is 4.36. The summed E-state index contributed by atoms with van der Waals surface area (Å²) in [6.45, 7) is 1.70. The zero-order valence-corrected chi connectivity index (χ0v) is 12.1. The van der Waals surface area contributed by atoms with Crippen molar-refractivity contribution in [3.8, 4) is 0 Å². The van der Waals surface area contributed by atoms with Crippen LogP contribution in [0.15, 0.2) is 22.8 Å². The number of aromatic nitrogens is 2. The van der Waals surface area contributed by atoms with E-state index in [1.807, 2.05) is 0 Å². The van der Waals surface area contributed by atoms with E-state index in [2.05, 4.69) is 25.0 Å². The van der Waals surface area contributed by atoms with Gasteiger partial charge in [0.1, 0.15) is 0 Å². The van der Waals surface area contributed by atoms with Crippen LogP contribution in [0, 0.1) is 6.92 Å². The maximum absolute atomic E-state index is 11.9. The summed E-state index contributed by atoms with van der Waals surface area (Å²) in [5.41, 5.74) is 6.82. The number of nitrogens with two attached hydrogens (primary N) is 1. The lowest BCUT2D eigenvalue weighted by Gasteiger charge is -2.10. The molecule has 1 amide bonds. The first-order valence-corrected chi connectivity index (χ1v) is 7.63. The van der Waals surface area contributed by atoms with Crippen LogP contribution in [0.1, 0.15) is 16.1 Å². The van der Waals surface area contributed by atoms with Crippen molar-refractivity contribution >= 4 is 33.1 Å². The molecule has 9 nitrogen and oxygen atoms in total. The van der Waals surface area contributed by atoms with Gasteiger partial charge in [0, 0.05) is 5.69 Å². The Balaban J connectivity index is 2.18. The average Bonchev–Trinajstić information content (AvgIpc) is 2.77. The van der Waals surface area contributed by atoms with Crippen molar-refractivity contribution in [2.24, 2.45) is 0 Å². The molecule has 2 rings (SSSR count). The van der Waals surface area contributed by atoms with Crippen LogP contribution in [0.2, 0.25) is 0 Å². The predicted octanol–water partition coefficient (Wildman–Crippen LogP) is 0.584. The van der Waals surface area contributed by atoms with Gasteiger partial charge in [-0.25, -0.2) is 13.0 Å². The predicted molar refractivity (Wildman–Crippen MR) is 76.3 cm³/mol. The highest BCUT2D eigenvalue weighted by Gasteiger charge is 2.16. The van der Waals surface area contributed by atoms with Gasteiger partial charge < -0.3 is 11.1 Å². The summed E-state index contributed by atoms with van der Waals surface area (Å²) >= 11 is 0.